The van der Waals surface area contributed by atoms with Gasteiger partial charge in [-0.2, -0.15) is 5.26 Å². The lowest BCUT2D eigenvalue weighted by Gasteiger charge is -2.07. The molecule has 74 valence electrons. The predicted molar refractivity (Wildman–Crippen MR) is 56.0 cm³/mol. The highest BCUT2D eigenvalue weighted by atomic mass is 32.2. The number of aliphatic hydroxyl groups excluding tert-OH is 1. The highest BCUT2D eigenvalue weighted by Gasteiger charge is 2.08. The van der Waals surface area contributed by atoms with Gasteiger partial charge in [-0.05, 0) is 18.7 Å². The molecule has 0 radical (unpaired) electrons. The third-order valence-corrected chi connectivity index (χ3v) is 2.67. The molecule has 14 heavy (non-hydrogen) atoms. The molecule has 0 aliphatic carbocycles. The molecule has 1 rings (SSSR count). The zero-order valence-electron chi connectivity index (χ0n) is 8.24. The molecule has 0 fully saturated rings. The van der Waals surface area contributed by atoms with Crippen LogP contribution in [0.2, 0.25) is 0 Å². The molecular formula is C10H12N2OS. The molecule has 0 saturated carbocycles. The van der Waals surface area contributed by atoms with Crippen LogP contribution in [0.3, 0.4) is 0 Å². The fourth-order valence-electron chi connectivity index (χ4n) is 1.25. The van der Waals surface area contributed by atoms with Gasteiger partial charge in [0.15, 0.2) is 0 Å². The highest BCUT2D eigenvalue weighted by Crippen LogP contribution is 2.21. The Bertz CT molecular complexity index is 371. The van der Waals surface area contributed by atoms with E-state index >= 15 is 0 Å². The summed E-state index contributed by atoms with van der Waals surface area (Å²) >= 11 is 1.45. The lowest BCUT2D eigenvalue weighted by molar-refractivity contribution is 0.280. The van der Waals surface area contributed by atoms with Crippen molar-refractivity contribution in [2.45, 2.75) is 25.0 Å². The molecule has 1 heterocycles. The van der Waals surface area contributed by atoms with E-state index in [0.717, 1.165) is 22.7 Å². The highest BCUT2D eigenvalue weighted by molar-refractivity contribution is 7.98. The summed E-state index contributed by atoms with van der Waals surface area (Å²) in [4.78, 5) is 4.33. The molecule has 3 nitrogen and oxygen atoms in total. The number of aliphatic hydroxyl groups is 1. The first-order valence-corrected chi connectivity index (χ1v) is 5.57. The van der Waals surface area contributed by atoms with E-state index in [1.807, 2.05) is 13.2 Å². The first kappa shape index (κ1) is 11.0. The normalized spacial score (nSPS) is 9.86. The summed E-state index contributed by atoms with van der Waals surface area (Å²) in [6.07, 6.45) is 2.66. The van der Waals surface area contributed by atoms with Gasteiger partial charge in [-0.3, -0.25) is 0 Å². The summed E-state index contributed by atoms with van der Waals surface area (Å²) in [6.45, 7) is 1.93. The SMILES string of the molecule is CCc1nc(SC)c(C#N)cc1CO. The van der Waals surface area contributed by atoms with Gasteiger partial charge in [0.05, 0.1) is 12.2 Å². The van der Waals surface area contributed by atoms with Crippen molar-refractivity contribution in [2.75, 3.05) is 6.26 Å². The van der Waals surface area contributed by atoms with Crippen molar-refractivity contribution >= 4 is 11.8 Å². The number of pyridine rings is 1. The number of nitrogens with zero attached hydrogens (tertiary/aromatic N) is 2. The molecule has 1 aromatic rings. The van der Waals surface area contributed by atoms with Crippen LogP contribution in [0, 0.1) is 11.3 Å². The van der Waals surface area contributed by atoms with E-state index in [2.05, 4.69) is 11.1 Å². The van der Waals surface area contributed by atoms with Crippen molar-refractivity contribution in [3.63, 3.8) is 0 Å². The van der Waals surface area contributed by atoms with Gasteiger partial charge in [-0.1, -0.05) is 6.92 Å². The second kappa shape index (κ2) is 4.99. The van der Waals surface area contributed by atoms with E-state index < -0.39 is 0 Å². The zero-order chi connectivity index (χ0) is 10.6. The number of hydrogen-bond acceptors (Lipinski definition) is 4. The Balaban J connectivity index is 3.30. The van der Waals surface area contributed by atoms with E-state index in [4.69, 9.17) is 10.4 Å². The molecule has 0 bridgehead atoms. The van der Waals surface area contributed by atoms with Crippen molar-refractivity contribution in [1.82, 2.24) is 4.98 Å². The molecule has 0 saturated heterocycles. The van der Waals surface area contributed by atoms with E-state index in [1.165, 1.54) is 11.8 Å². The summed E-state index contributed by atoms with van der Waals surface area (Å²) in [5, 5.41) is 18.7. The Morgan fingerprint density at radius 2 is 2.36 bits per heavy atom. The van der Waals surface area contributed by atoms with Crippen LogP contribution >= 0.6 is 11.8 Å². The summed E-state index contributed by atoms with van der Waals surface area (Å²) in [7, 11) is 0. The number of aromatic nitrogens is 1. The van der Waals surface area contributed by atoms with Crippen molar-refractivity contribution in [3.05, 3.63) is 22.9 Å². The standard InChI is InChI=1S/C10H12N2OS/c1-3-9-8(6-13)4-7(5-11)10(12-9)14-2/h4,13H,3,6H2,1-2H3. The minimum Gasteiger partial charge on any atom is -0.392 e. The Labute approximate surface area is 87.8 Å². The summed E-state index contributed by atoms with van der Waals surface area (Å²) < 4.78 is 0. The maximum atomic E-state index is 9.08. The van der Waals surface area contributed by atoms with Gasteiger partial charge in [-0.25, -0.2) is 4.98 Å². The lowest BCUT2D eigenvalue weighted by atomic mass is 10.1. The van der Waals surface area contributed by atoms with Crippen LogP contribution in [-0.4, -0.2) is 16.3 Å². The minimum absolute atomic E-state index is 0.0560. The topological polar surface area (TPSA) is 56.9 Å². The van der Waals surface area contributed by atoms with Gasteiger partial charge in [-0.15, -0.1) is 11.8 Å². The van der Waals surface area contributed by atoms with Crippen LogP contribution < -0.4 is 0 Å². The molecule has 1 N–H and O–H groups in total. The fourth-order valence-corrected chi connectivity index (χ4v) is 1.78. The molecule has 4 heteroatoms. The van der Waals surface area contributed by atoms with Crippen molar-refractivity contribution in [3.8, 4) is 6.07 Å². The quantitative estimate of drug-likeness (QED) is 0.768. The Morgan fingerprint density at radius 1 is 1.64 bits per heavy atom. The second-order valence-corrected chi connectivity index (χ2v) is 3.57. The van der Waals surface area contributed by atoms with Gasteiger partial charge in [0.1, 0.15) is 11.1 Å². The van der Waals surface area contributed by atoms with E-state index in [-0.39, 0.29) is 6.61 Å². The number of nitriles is 1. The van der Waals surface area contributed by atoms with Crippen molar-refractivity contribution < 1.29 is 5.11 Å². The summed E-state index contributed by atoms with van der Waals surface area (Å²) in [5.41, 5.74) is 2.16. The first-order valence-electron chi connectivity index (χ1n) is 4.34. The van der Waals surface area contributed by atoms with Crippen LogP contribution in [0.15, 0.2) is 11.1 Å². The average molecular weight is 208 g/mol. The van der Waals surface area contributed by atoms with Crippen LogP contribution in [0.25, 0.3) is 0 Å². The smallest absolute Gasteiger partial charge is 0.114 e. The second-order valence-electron chi connectivity index (χ2n) is 2.77. The molecule has 0 unspecified atom stereocenters. The maximum absolute atomic E-state index is 9.08. The molecule has 0 spiro atoms. The summed E-state index contributed by atoms with van der Waals surface area (Å²) in [5.74, 6) is 0. The summed E-state index contributed by atoms with van der Waals surface area (Å²) in [6, 6.07) is 3.80. The maximum Gasteiger partial charge on any atom is 0.114 e. The molecule has 0 aromatic carbocycles. The fraction of sp³-hybridized carbons (Fsp3) is 0.400. The lowest BCUT2D eigenvalue weighted by Crippen LogP contribution is -2.00. The van der Waals surface area contributed by atoms with E-state index in [1.54, 1.807) is 6.07 Å². The van der Waals surface area contributed by atoms with Crippen molar-refractivity contribution in [1.29, 1.82) is 5.26 Å². The third-order valence-electron chi connectivity index (χ3n) is 1.98. The number of hydrogen-bond donors (Lipinski definition) is 1. The molecule has 0 atom stereocenters. The van der Waals surface area contributed by atoms with Crippen LogP contribution in [0.5, 0.6) is 0 Å². The van der Waals surface area contributed by atoms with Crippen LogP contribution in [0.1, 0.15) is 23.7 Å². The van der Waals surface area contributed by atoms with E-state index in [0.29, 0.717) is 5.56 Å². The molecule has 1 aromatic heterocycles. The number of rotatable bonds is 3. The number of thioether (sulfide) groups is 1. The van der Waals surface area contributed by atoms with Gasteiger partial charge >= 0.3 is 0 Å². The molecule has 0 aliphatic heterocycles. The molecule has 0 amide bonds. The van der Waals surface area contributed by atoms with Crippen LogP contribution in [-0.2, 0) is 13.0 Å². The van der Waals surface area contributed by atoms with Crippen molar-refractivity contribution in [2.24, 2.45) is 0 Å². The molecule has 0 aliphatic rings. The average Bonchev–Trinajstić information content (AvgIpc) is 2.26. The van der Waals surface area contributed by atoms with Gasteiger partial charge in [0, 0.05) is 11.3 Å². The van der Waals surface area contributed by atoms with Gasteiger partial charge < -0.3 is 5.11 Å². The molecular weight excluding hydrogens is 196 g/mol. The van der Waals surface area contributed by atoms with Gasteiger partial charge in [0.25, 0.3) is 0 Å². The largest absolute Gasteiger partial charge is 0.392 e. The third kappa shape index (κ3) is 2.06. The van der Waals surface area contributed by atoms with E-state index in [9.17, 15) is 0 Å². The minimum atomic E-state index is -0.0560. The number of aryl methyl sites for hydroxylation is 1. The van der Waals surface area contributed by atoms with Gasteiger partial charge in [0.2, 0.25) is 0 Å². The Morgan fingerprint density at radius 3 is 2.79 bits per heavy atom. The monoisotopic (exact) mass is 208 g/mol. The predicted octanol–water partition coefficient (Wildman–Crippen LogP) is 1.73. The van der Waals surface area contributed by atoms with Crippen LogP contribution in [0.4, 0.5) is 0 Å². The zero-order valence-corrected chi connectivity index (χ0v) is 9.06. The first-order chi connectivity index (χ1) is 6.76. The Kier molecular flexibility index (Phi) is 3.93. The Hall–Kier alpha value is -1.05.